The van der Waals surface area contributed by atoms with Crippen LogP contribution in [0.3, 0.4) is 0 Å². The number of hydrogen-bond donors (Lipinski definition) is 2. The van der Waals surface area contributed by atoms with Crippen LogP contribution in [0.5, 0.6) is 0 Å². The van der Waals surface area contributed by atoms with Crippen LogP contribution in [0, 0.1) is 27.7 Å². The van der Waals surface area contributed by atoms with E-state index < -0.39 is 6.04 Å². The summed E-state index contributed by atoms with van der Waals surface area (Å²) in [5.74, 6) is -0.339. The number of anilines is 2. The predicted molar refractivity (Wildman–Crippen MR) is 131 cm³/mol. The Bertz CT molecular complexity index is 1110. The fraction of sp³-hybridized carbons (Fsp3) is 0.259. The number of nitrogens with one attached hydrogen (secondary N) is 2. The Hall–Kier alpha value is -3.44. The molecule has 2 N–H and O–H groups in total. The van der Waals surface area contributed by atoms with Gasteiger partial charge in [0.25, 0.3) is 0 Å². The summed E-state index contributed by atoms with van der Waals surface area (Å²) in [6.45, 7) is 8.04. The molecule has 1 unspecified atom stereocenters. The van der Waals surface area contributed by atoms with E-state index in [9.17, 15) is 9.59 Å². The fourth-order valence-electron chi connectivity index (χ4n) is 3.71. The van der Waals surface area contributed by atoms with Gasteiger partial charge in [0.15, 0.2) is 0 Å². The van der Waals surface area contributed by atoms with Crippen molar-refractivity contribution < 1.29 is 9.59 Å². The van der Waals surface area contributed by atoms with E-state index in [1.54, 1.807) is 11.9 Å². The second-order valence-corrected chi connectivity index (χ2v) is 8.33. The number of likely N-dealkylation sites (N-methyl/N-ethyl adjacent to an activating group) is 1. The van der Waals surface area contributed by atoms with Crippen LogP contribution in [0.1, 0.15) is 33.9 Å². The molecule has 0 saturated carbocycles. The fourth-order valence-corrected chi connectivity index (χ4v) is 3.71. The number of benzene rings is 3. The van der Waals surface area contributed by atoms with Crippen molar-refractivity contribution in [3.05, 3.63) is 94.5 Å². The Morgan fingerprint density at radius 3 is 2.25 bits per heavy atom. The maximum absolute atomic E-state index is 13.4. The monoisotopic (exact) mass is 429 g/mol. The van der Waals surface area contributed by atoms with Crippen molar-refractivity contribution in [2.75, 3.05) is 24.2 Å². The molecule has 3 rings (SSSR count). The van der Waals surface area contributed by atoms with Gasteiger partial charge in [-0.2, -0.15) is 0 Å². The van der Waals surface area contributed by atoms with Gasteiger partial charge in [0.2, 0.25) is 11.8 Å². The van der Waals surface area contributed by atoms with Crippen LogP contribution in [0.25, 0.3) is 0 Å². The predicted octanol–water partition coefficient (Wildman–Crippen LogP) is 5.17. The third-order valence-corrected chi connectivity index (χ3v) is 5.73. The smallest absolute Gasteiger partial charge is 0.246 e. The number of hydrogen-bond acceptors (Lipinski definition) is 3. The van der Waals surface area contributed by atoms with Crippen molar-refractivity contribution in [2.45, 2.75) is 33.7 Å². The molecule has 0 bridgehead atoms. The largest absolute Gasteiger partial charge is 0.325 e. The Labute approximate surface area is 190 Å². The third kappa shape index (κ3) is 5.62. The van der Waals surface area contributed by atoms with E-state index in [-0.39, 0.29) is 18.4 Å². The Kier molecular flexibility index (Phi) is 7.44. The van der Waals surface area contributed by atoms with Gasteiger partial charge in [-0.15, -0.1) is 0 Å². The van der Waals surface area contributed by atoms with Crippen molar-refractivity contribution in [3.8, 4) is 0 Å². The number of rotatable bonds is 7. The molecule has 0 spiro atoms. The molecule has 0 aliphatic rings. The first kappa shape index (κ1) is 23.2. The quantitative estimate of drug-likeness (QED) is 0.545. The molecule has 5 nitrogen and oxygen atoms in total. The second kappa shape index (κ2) is 10.2. The van der Waals surface area contributed by atoms with E-state index in [0.29, 0.717) is 0 Å². The average Bonchev–Trinajstić information content (AvgIpc) is 2.75. The van der Waals surface area contributed by atoms with Crippen molar-refractivity contribution in [2.24, 2.45) is 0 Å². The molecular weight excluding hydrogens is 398 g/mol. The average molecular weight is 430 g/mol. The minimum Gasteiger partial charge on any atom is -0.325 e. The summed E-state index contributed by atoms with van der Waals surface area (Å²) < 4.78 is 0. The molecular formula is C27H31N3O2. The summed E-state index contributed by atoms with van der Waals surface area (Å²) in [5.41, 5.74) is 6.62. The van der Waals surface area contributed by atoms with Gasteiger partial charge >= 0.3 is 0 Å². The summed E-state index contributed by atoms with van der Waals surface area (Å²) >= 11 is 0. The van der Waals surface area contributed by atoms with E-state index >= 15 is 0 Å². The Balaban J connectivity index is 1.80. The number of carbonyl (C=O) groups excluding carboxylic acids is 2. The van der Waals surface area contributed by atoms with Crippen LogP contribution in [0.2, 0.25) is 0 Å². The van der Waals surface area contributed by atoms with Crippen LogP contribution < -0.4 is 10.6 Å². The molecule has 0 radical (unpaired) electrons. The highest BCUT2D eigenvalue weighted by molar-refractivity contribution is 5.97. The molecule has 0 aromatic heterocycles. The van der Waals surface area contributed by atoms with Gasteiger partial charge in [0, 0.05) is 11.4 Å². The van der Waals surface area contributed by atoms with Crippen LogP contribution in [-0.4, -0.2) is 30.3 Å². The second-order valence-electron chi connectivity index (χ2n) is 8.33. The van der Waals surface area contributed by atoms with Crippen molar-refractivity contribution >= 4 is 23.2 Å². The highest BCUT2D eigenvalue weighted by atomic mass is 16.2. The Morgan fingerprint density at radius 1 is 0.812 bits per heavy atom. The van der Waals surface area contributed by atoms with Crippen LogP contribution in [-0.2, 0) is 9.59 Å². The van der Waals surface area contributed by atoms with Crippen LogP contribution in [0.4, 0.5) is 11.4 Å². The minimum atomic E-state index is -0.611. The number of nitrogens with zero attached hydrogens (tertiary/aromatic N) is 1. The number of amides is 2. The van der Waals surface area contributed by atoms with Gasteiger partial charge in [-0.05, 0) is 74.7 Å². The van der Waals surface area contributed by atoms with Crippen molar-refractivity contribution in [1.82, 2.24) is 4.90 Å². The lowest BCUT2D eigenvalue weighted by Crippen LogP contribution is -2.39. The maximum Gasteiger partial charge on any atom is 0.246 e. The summed E-state index contributed by atoms with van der Waals surface area (Å²) in [6.07, 6.45) is 0. The summed E-state index contributed by atoms with van der Waals surface area (Å²) in [5, 5.41) is 6.04. The first-order valence-electron chi connectivity index (χ1n) is 10.8. The summed E-state index contributed by atoms with van der Waals surface area (Å²) in [6, 6.07) is 20.7. The molecule has 0 aliphatic carbocycles. The highest BCUT2D eigenvalue weighted by Crippen LogP contribution is 2.24. The molecule has 0 heterocycles. The molecule has 1 atom stereocenters. The first-order chi connectivity index (χ1) is 15.3. The standard InChI is InChI=1S/C27H31N3O2/c1-18-14-15-20(3)24(16-18)29-27(32)26(22-11-7-6-8-12-22)30(5)17-25(31)28-23-13-9-10-19(2)21(23)4/h6-16,26H,17H2,1-5H3,(H,28,31)(H,29,32). The molecule has 0 fully saturated rings. The summed E-state index contributed by atoms with van der Waals surface area (Å²) in [4.78, 5) is 28.0. The third-order valence-electron chi connectivity index (χ3n) is 5.73. The van der Waals surface area contributed by atoms with Crippen molar-refractivity contribution in [1.29, 1.82) is 0 Å². The van der Waals surface area contributed by atoms with Gasteiger partial charge in [-0.1, -0.05) is 54.6 Å². The first-order valence-corrected chi connectivity index (χ1v) is 10.8. The zero-order valence-corrected chi connectivity index (χ0v) is 19.4. The topological polar surface area (TPSA) is 61.4 Å². The molecule has 0 aliphatic heterocycles. The van der Waals surface area contributed by atoms with Gasteiger partial charge in [0.1, 0.15) is 6.04 Å². The van der Waals surface area contributed by atoms with E-state index in [2.05, 4.69) is 10.6 Å². The van der Waals surface area contributed by atoms with Crippen molar-refractivity contribution in [3.63, 3.8) is 0 Å². The molecule has 32 heavy (non-hydrogen) atoms. The highest BCUT2D eigenvalue weighted by Gasteiger charge is 2.27. The van der Waals surface area contributed by atoms with E-state index in [4.69, 9.17) is 0 Å². The molecule has 166 valence electrons. The lowest BCUT2D eigenvalue weighted by molar-refractivity contribution is -0.123. The van der Waals surface area contributed by atoms with Gasteiger partial charge in [0.05, 0.1) is 6.54 Å². The number of aryl methyl sites for hydroxylation is 3. The zero-order valence-electron chi connectivity index (χ0n) is 19.4. The van der Waals surface area contributed by atoms with E-state index in [1.165, 1.54) is 0 Å². The molecule has 0 saturated heterocycles. The number of carbonyl (C=O) groups is 2. The minimum absolute atomic E-state index is 0.0766. The lowest BCUT2D eigenvalue weighted by Gasteiger charge is -2.27. The normalized spacial score (nSPS) is 11.8. The van der Waals surface area contributed by atoms with Crippen LogP contribution >= 0.6 is 0 Å². The maximum atomic E-state index is 13.4. The molecule has 2 amide bonds. The molecule has 5 heteroatoms. The zero-order chi connectivity index (χ0) is 23.3. The Morgan fingerprint density at radius 2 is 1.53 bits per heavy atom. The van der Waals surface area contributed by atoms with Crippen LogP contribution in [0.15, 0.2) is 66.7 Å². The van der Waals surface area contributed by atoms with Gasteiger partial charge < -0.3 is 10.6 Å². The molecule has 3 aromatic carbocycles. The summed E-state index contributed by atoms with van der Waals surface area (Å²) in [7, 11) is 1.79. The van der Waals surface area contributed by atoms with E-state index in [1.807, 2.05) is 94.4 Å². The van der Waals surface area contributed by atoms with Gasteiger partial charge in [-0.3, -0.25) is 14.5 Å². The SMILES string of the molecule is Cc1ccc(C)c(NC(=O)C(c2ccccc2)N(C)CC(=O)Nc2cccc(C)c2C)c1. The van der Waals surface area contributed by atoms with Gasteiger partial charge in [-0.25, -0.2) is 0 Å². The molecule has 3 aromatic rings. The lowest BCUT2D eigenvalue weighted by atomic mass is 10.0. The van der Waals surface area contributed by atoms with E-state index in [0.717, 1.165) is 39.2 Å².